The summed E-state index contributed by atoms with van der Waals surface area (Å²) in [6, 6.07) is 15.4. The second-order valence-corrected chi connectivity index (χ2v) is 5.02. The van der Waals surface area contributed by atoms with Crippen molar-refractivity contribution in [3.8, 4) is 0 Å². The molecule has 0 atom stereocenters. The van der Waals surface area contributed by atoms with Crippen LogP contribution in [0.15, 0.2) is 58.3 Å². The van der Waals surface area contributed by atoms with Crippen LogP contribution >= 0.6 is 23.4 Å². The highest BCUT2D eigenvalue weighted by molar-refractivity contribution is 7.99. The van der Waals surface area contributed by atoms with E-state index in [1.165, 1.54) is 0 Å². The van der Waals surface area contributed by atoms with Gasteiger partial charge in [0.25, 0.3) is 0 Å². The maximum Gasteiger partial charge on any atom is 0.123 e. The predicted octanol–water partition coefficient (Wildman–Crippen LogP) is 3.78. The minimum atomic E-state index is 0.0333. The van der Waals surface area contributed by atoms with Gasteiger partial charge in [0.2, 0.25) is 0 Å². The Kier molecular flexibility index (Phi) is 3.71. The fourth-order valence-corrected chi connectivity index (χ4v) is 2.55. The van der Waals surface area contributed by atoms with Gasteiger partial charge in [0, 0.05) is 20.4 Å². The van der Waals surface area contributed by atoms with Crippen LogP contribution in [0.2, 0.25) is 5.02 Å². The lowest BCUT2D eigenvalue weighted by Crippen LogP contribution is -2.12. The van der Waals surface area contributed by atoms with Crippen LogP contribution in [0.25, 0.3) is 0 Å². The first-order chi connectivity index (χ1) is 8.16. The van der Waals surface area contributed by atoms with Gasteiger partial charge >= 0.3 is 0 Å². The maximum absolute atomic E-state index is 7.54. The quantitative estimate of drug-likeness (QED) is 0.653. The van der Waals surface area contributed by atoms with E-state index < -0.39 is 0 Å². The summed E-state index contributed by atoms with van der Waals surface area (Å²) < 4.78 is 0. The minimum absolute atomic E-state index is 0.0333. The average molecular weight is 263 g/mol. The molecule has 2 aromatic rings. The number of rotatable bonds is 3. The molecule has 0 aliphatic carbocycles. The number of benzene rings is 2. The van der Waals surface area contributed by atoms with Gasteiger partial charge in [0.1, 0.15) is 5.84 Å². The topological polar surface area (TPSA) is 49.9 Å². The largest absolute Gasteiger partial charge is 0.384 e. The summed E-state index contributed by atoms with van der Waals surface area (Å²) in [6.07, 6.45) is 0. The average Bonchev–Trinajstić information content (AvgIpc) is 2.32. The second-order valence-electron chi connectivity index (χ2n) is 3.47. The van der Waals surface area contributed by atoms with E-state index >= 15 is 0 Å². The Balaban J connectivity index is 2.36. The first-order valence-electron chi connectivity index (χ1n) is 5.03. The lowest BCUT2D eigenvalue weighted by Gasteiger charge is -2.08. The molecular formula is C13H11ClN2S. The van der Waals surface area contributed by atoms with E-state index in [-0.39, 0.29) is 5.84 Å². The Labute approximate surface area is 109 Å². The van der Waals surface area contributed by atoms with Crippen LogP contribution < -0.4 is 5.73 Å². The molecule has 86 valence electrons. The van der Waals surface area contributed by atoms with Gasteiger partial charge in [0.05, 0.1) is 0 Å². The van der Waals surface area contributed by atoms with Crippen molar-refractivity contribution in [3.05, 3.63) is 59.1 Å². The molecule has 0 amide bonds. The number of nitrogens with two attached hydrogens (primary N) is 1. The van der Waals surface area contributed by atoms with E-state index in [1.54, 1.807) is 23.9 Å². The number of hydrogen-bond donors (Lipinski definition) is 2. The van der Waals surface area contributed by atoms with E-state index in [4.69, 9.17) is 22.7 Å². The van der Waals surface area contributed by atoms with Gasteiger partial charge in [-0.2, -0.15) is 0 Å². The molecule has 17 heavy (non-hydrogen) atoms. The van der Waals surface area contributed by atoms with Crippen LogP contribution in [0.4, 0.5) is 0 Å². The molecule has 0 aromatic heterocycles. The minimum Gasteiger partial charge on any atom is -0.384 e. The molecular weight excluding hydrogens is 252 g/mol. The number of nitrogens with one attached hydrogen (secondary N) is 1. The van der Waals surface area contributed by atoms with Crippen LogP contribution in [0, 0.1) is 5.41 Å². The van der Waals surface area contributed by atoms with Gasteiger partial charge in [-0.1, -0.05) is 41.6 Å². The number of hydrogen-bond acceptors (Lipinski definition) is 2. The highest BCUT2D eigenvalue weighted by Gasteiger charge is 2.07. The van der Waals surface area contributed by atoms with Crippen LogP contribution in [-0.4, -0.2) is 5.84 Å². The SMILES string of the molecule is N=C(N)c1cc(Cl)ccc1Sc1ccccc1. The molecule has 0 heterocycles. The molecule has 0 aliphatic heterocycles. The third-order valence-corrected chi connectivity index (χ3v) is 3.52. The van der Waals surface area contributed by atoms with Gasteiger partial charge in [-0.15, -0.1) is 0 Å². The third kappa shape index (κ3) is 3.02. The summed E-state index contributed by atoms with van der Waals surface area (Å²) in [5, 5.41) is 8.13. The Bertz CT molecular complexity index is 540. The smallest absolute Gasteiger partial charge is 0.123 e. The molecule has 3 N–H and O–H groups in total. The van der Waals surface area contributed by atoms with Gasteiger partial charge in [-0.3, -0.25) is 5.41 Å². The van der Waals surface area contributed by atoms with Crippen LogP contribution in [0.1, 0.15) is 5.56 Å². The molecule has 2 rings (SSSR count). The van der Waals surface area contributed by atoms with E-state index in [9.17, 15) is 0 Å². The summed E-state index contributed by atoms with van der Waals surface area (Å²) >= 11 is 7.47. The zero-order chi connectivity index (χ0) is 12.3. The highest BCUT2D eigenvalue weighted by Crippen LogP contribution is 2.31. The van der Waals surface area contributed by atoms with Crippen LogP contribution in [0.5, 0.6) is 0 Å². The number of nitrogen functional groups attached to an aromatic ring is 1. The summed E-state index contributed by atoms with van der Waals surface area (Å²) in [6.45, 7) is 0. The van der Waals surface area contributed by atoms with Crippen molar-refractivity contribution < 1.29 is 0 Å². The van der Waals surface area contributed by atoms with Gasteiger partial charge < -0.3 is 5.73 Å². The molecule has 0 bridgehead atoms. The molecule has 0 aliphatic rings. The Morgan fingerprint density at radius 1 is 1.12 bits per heavy atom. The Morgan fingerprint density at radius 3 is 2.47 bits per heavy atom. The van der Waals surface area contributed by atoms with Crippen LogP contribution in [0.3, 0.4) is 0 Å². The fourth-order valence-electron chi connectivity index (χ4n) is 1.42. The lowest BCUT2D eigenvalue weighted by molar-refractivity contribution is 1.33. The fraction of sp³-hybridized carbons (Fsp3) is 0. The molecule has 0 spiro atoms. The van der Waals surface area contributed by atoms with Gasteiger partial charge in [0.15, 0.2) is 0 Å². The molecule has 0 radical (unpaired) electrons. The Hall–Kier alpha value is -1.45. The van der Waals surface area contributed by atoms with Crippen molar-refractivity contribution in [2.75, 3.05) is 0 Å². The molecule has 2 aromatic carbocycles. The van der Waals surface area contributed by atoms with Crippen molar-refractivity contribution in [2.24, 2.45) is 5.73 Å². The van der Waals surface area contributed by atoms with Gasteiger partial charge in [-0.05, 0) is 30.3 Å². The Morgan fingerprint density at radius 2 is 1.82 bits per heavy atom. The zero-order valence-electron chi connectivity index (χ0n) is 8.98. The lowest BCUT2D eigenvalue weighted by atomic mass is 10.2. The first kappa shape index (κ1) is 12.0. The van der Waals surface area contributed by atoms with E-state index in [0.29, 0.717) is 10.6 Å². The van der Waals surface area contributed by atoms with E-state index in [2.05, 4.69) is 0 Å². The van der Waals surface area contributed by atoms with Crippen molar-refractivity contribution in [1.29, 1.82) is 5.41 Å². The van der Waals surface area contributed by atoms with E-state index in [1.807, 2.05) is 36.4 Å². The van der Waals surface area contributed by atoms with E-state index in [0.717, 1.165) is 9.79 Å². The molecule has 0 fully saturated rings. The first-order valence-corrected chi connectivity index (χ1v) is 6.23. The molecule has 4 heteroatoms. The van der Waals surface area contributed by atoms with Gasteiger partial charge in [-0.25, -0.2) is 0 Å². The molecule has 0 unspecified atom stereocenters. The molecule has 2 nitrogen and oxygen atoms in total. The summed E-state index contributed by atoms with van der Waals surface area (Å²) in [5.74, 6) is 0.0333. The highest BCUT2D eigenvalue weighted by atomic mass is 35.5. The monoisotopic (exact) mass is 262 g/mol. The second kappa shape index (κ2) is 5.25. The summed E-state index contributed by atoms with van der Waals surface area (Å²) in [4.78, 5) is 2.05. The van der Waals surface area contributed by atoms with Crippen molar-refractivity contribution in [2.45, 2.75) is 9.79 Å². The van der Waals surface area contributed by atoms with Crippen LogP contribution in [-0.2, 0) is 0 Å². The normalized spacial score (nSPS) is 10.2. The zero-order valence-corrected chi connectivity index (χ0v) is 10.6. The van der Waals surface area contributed by atoms with Crippen molar-refractivity contribution >= 4 is 29.2 Å². The third-order valence-electron chi connectivity index (χ3n) is 2.20. The summed E-state index contributed by atoms with van der Waals surface area (Å²) in [5.41, 5.74) is 6.22. The number of amidine groups is 1. The molecule has 0 saturated carbocycles. The number of halogens is 1. The molecule has 0 saturated heterocycles. The van der Waals surface area contributed by atoms with Crippen molar-refractivity contribution in [3.63, 3.8) is 0 Å². The standard InChI is InChI=1S/C13H11ClN2S/c14-9-6-7-12(11(8-9)13(15)16)17-10-4-2-1-3-5-10/h1-8H,(H3,15,16). The maximum atomic E-state index is 7.54. The van der Waals surface area contributed by atoms with Crippen molar-refractivity contribution in [1.82, 2.24) is 0 Å². The summed E-state index contributed by atoms with van der Waals surface area (Å²) in [7, 11) is 0. The predicted molar refractivity (Wildman–Crippen MR) is 73.0 cm³/mol.